The van der Waals surface area contributed by atoms with Crippen molar-refractivity contribution in [2.45, 2.75) is 24.0 Å². The predicted octanol–water partition coefficient (Wildman–Crippen LogP) is 3.77. The number of hydrogen-bond acceptors (Lipinski definition) is 3. The van der Waals surface area contributed by atoms with E-state index in [1.165, 1.54) is 24.3 Å². The molecule has 0 aliphatic rings. The Bertz CT molecular complexity index is 1040. The van der Waals surface area contributed by atoms with Gasteiger partial charge in [-0.2, -0.15) is 0 Å². The standard InChI is InChI=1S/C19H20FN3O2S/c1-11(2)26-17-10-16-15(22(3)19(25)23(16)4)9-14(17)21-18(24)12-5-7-13(20)8-6-12/h5-11H,1-4H3,(H,21,24). The van der Waals surface area contributed by atoms with Gasteiger partial charge in [0.2, 0.25) is 0 Å². The van der Waals surface area contributed by atoms with Gasteiger partial charge in [0, 0.05) is 29.8 Å². The van der Waals surface area contributed by atoms with Gasteiger partial charge in [-0.05, 0) is 36.4 Å². The Labute approximate surface area is 154 Å². The van der Waals surface area contributed by atoms with Crippen molar-refractivity contribution < 1.29 is 9.18 Å². The summed E-state index contributed by atoms with van der Waals surface area (Å²) in [5, 5.41) is 3.19. The molecule has 0 unspecified atom stereocenters. The number of hydrogen-bond donors (Lipinski definition) is 1. The molecule has 0 radical (unpaired) electrons. The fourth-order valence-electron chi connectivity index (χ4n) is 2.77. The minimum Gasteiger partial charge on any atom is -0.321 e. The first kappa shape index (κ1) is 18.3. The second-order valence-electron chi connectivity index (χ2n) is 6.37. The number of carbonyl (C=O) groups excluding carboxylic acids is 1. The zero-order valence-electron chi connectivity index (χ0n) is 15.0. The summed E-state index contributed by atoms with van der Waals surface area (Å²) in [6, 6.07) is 9.11. The summed E-state index contributed by atoms with van der Waals surface area (Å²) in [6.07, 6.45) is 0. The molecular weight excluding hydrogens is 353 g/mol. The van der Waals surface area contributed by atoms with Crippen LogP contribution in [0.25, 0.3) is 11.0 Å². The van der Waals surface area contributed by atoms with Crippen molar-refractivity contribution in [2.24, 2.45) is 14.1 Å². The van der Waals surface area contributed by atoms with Crippen LogP contribution in [0, 0.1) is 5.82 Å². The monoisotopic (exact) mass is 373 g/mol. The highest BCUT2D eigenvalue weighted by atomic mass is 32.2. The third-order valence-corrected chi connectivity index (χ3v) is 5.15. The van der Waals surface area contributed by atoms with Gasteiger partial charge in [0.15, 0.2) is 0 Å². The number of thioether (sulfide) groups is 1. The molecule has 0 aliphatic heterocycles. The number of amides is 1. The molecule has 0 saturated heterocycles. The van der Waals surface area contributed by atoms with E-state index >= 15 is 0 Å². The number of nitrogens with one attached hydrogen (secondary N) is 1. The lowest BCUT2D eigenvalue weighted by Gasteiger charge is -2.14. The van der Waals surface area contributed by atoms with Crippen molar-refractivity contribution in [2.75, 3.05) is 5.32 Å². The molecule has 1 aromatic heterocycles. The summed E-state index contributed by atoms with van der Waals surface area (Å²) >= 11 is 1.60. The SMILES string of the molecule is CC(C)Sc1cc2c(cc1NC(=O)c1ccc(F)cc1)n(C)c(=O)n2C. The van der Waals surface area contributed by atoms with Crippen molar-refractivity contribution in [3.63, 3.8) is 0 Å². The molecule has 0 fully saturated rings. The summed E-state index contributed by atoms with van der Waals surface area (Å²) in [5.74, 6) is -0.714. The van der Waals surface area contributed by atoms with Gasteiger partial charge in [0.1, 0.15) is 5.82 Å². The Hall–Kier alpha value is -2.54. The van der Waals surface area contributed by atoms with Crippen LogP contribution in [-0.2, 0) is 14.1 Å². The van der Waals surface area contributed by atoms with Crippen LogP contribution >= 0.6 is 11.8 Å². The highest BCUT2D eigenvalue weighted by molar-refractivity contribution is 8.00. The van der Waals surface area contributed by atoms with E-state index in [9.17, 15) is 14.0 Å². The molecule has 0 saturated carbocycles. The van der Waals surface area contributed by atoms with Crippen LogP contribution < -0.4 is 11.0 Å². The zero-order chi connectivity index (χ0) is 19.0. The van der Waals surface area contributed by atoms with E-state index in [1.807, 2.05) is 12.1 Å². The van der Waals surface area contributed by atoms with E-state index in [2.05, 4.69) is 19.2 Å². The number of benzene rings is 2. The Balaban J connectivity index is 2.07. The van der Waals surface area contributed by atoms with Gasteiger partial charge in [-0.1, -0.05) is 13.8 Å². The zero-order valence-corrected chi connectivity index (χ0v) is 15.9. The van der Waals surface area contributed by atoms with Crippen LogP contribution in [0.1, 0.15) is 24.2 Å². The van der Waals surface area contributed by atoms with Crippen LogP contribution in [0.3, 0.4) is 0 Å². The smallest absolute Gasteiger partial charge is 0.321 e. The van der Waals surface area contributed by atoms with Crippen molar-refractivity contribution in [1.82, 2.24) is 9.13 Å². The molecule has 7 heteroatoms. The average Bonchev–Trinajstić information content (AvgIpc) is 2.79. The molecular formula is C19H20FN3O2S. The lowest BCUT2D eigenvalue weighted by molar-refractivity contribution is 0.102. The van der Waals surface area contributed by atoms with Gasteiger partial charge in [-0.3, -0.25) is 13.9 Å². The molecule has 3 aromatic rings. The summed E-state index contributed by atoms with van der Waals surface area (Å²) in [4.78, 5) is 25.6. The second kappa shape index (κ2) is 6.99. The summed E-state index contributed by atoms with van der Waals surface area (Å²) in [6.45, 7) is 4.12. The highest BCUT2D eigenvalue weighted by Gasteiger charge is 2.16. The number of aromatic nitrogens is 2. The number of halogens is 1. The minimum atomic E-state index is -0.390. The van der Waals surface area contributed by atoms with Gasteiger partial charge in [-0.25, -0.2) is 9.18 Å². The number of rotatable bonds is 4. The maximum absolute atomic E-state index is 13.1. The molecule has 1 heterocycles. The molecule has 1 N–H and O–H groups in total. The highest BCUT2D eigenvalue weighted by Crippen LogP contribution is 2.34. The number of imidazole rings is 1. The molecule has 0 bridgehead atoms. The Morgan fingerprint density at radius 2 is 1.65 bits per heavy atom. The van der Waals surface area contributed by atoms with Crippen molar-refractivity contribution in [3.8, 4) is 0 Å². The summed E-state index contributed by atoms with van der Waals surface area (Å²) < 4.78 is 16.2. The first-order valence-corrected chi connectivity index (χ1v) is 9.09. The van der Waals surface area contributed by atoms with Crippen LogP contribution in [0.15, 0.2) is 46.1 Å². The van der Waals surface area contributed by atoms with E-state index in [-0.39, 0.29) is 11.6 Å². The summed E-state index contributed by atoms with van der Waals surface area (Å²) in [7, 11) is 3.43. The van der Waals surface area contributed by atoms with Gasteiger partial charge in [0.05, 0.1) is 16.7 Å². The van der Waals surface area contributed by atoms with Crippen LogP contribution in [0.5, 0.6) is 0 Å². The lowest BCUT2D eigenvalue weighted by Crippen LogP contribution is -2.19. The van der Waals surface area contributed by atoms with Crippen molar-refractivity contribution in [3.05, 3.63) is 58.3 Å². The van der Waals surface area contributed by atoms with E-state index in [0.717, 1.165) is 15.9 Å². The predicted molar refractivity (Wildman–Crippen MR) is 104 cm³/mol. The third kappa shape index (κ3) is 3.39. The Morgan fingerprint density at radius 1 is 1.08 bits per heavy atom. The molecule has 136 valence electrons. The van der Waals surface area contributed by atoms with Gasteiger partial charge < -0.3 is 5.32 Å². The van der Waals surface area contributed by atoms with Crippen LogP contribution in [-0.4, -0.2) is 20.3 Å². The van der Waals surface area contributed by atoms with Gasteiger partial charge in [-0.15, -0.1) is 11.8 Å². The van der Waals surface area contributed by atoms with Crippen LogP contribution in [0.2, 0.25) is 0 Å². The number of nitrogens with zero attached hydrogens (tertiary/aromatic N) is 2. The normalized spacial score (nSPS) is 11.3. The molecule has 1 amide bonds. The maximum Gasteiger partial charge on any atom is 0.328 e. The van der Waals surface area contributed by atoms with Crippen LogP contribution in [0.4, 0.5) is 10.1 Å². The molecule has 5 nitrogen and oxygen atoms in total. The Morgan fingerprint density at radius 3 is 2.23 bits per heavy atom. The average molecular weight is 373 g/mol. The number of anilines is 1. The van der Waals surface area contributed by atoms with Gasteiger partial charge in [0.25, 0.3) is 5.91 Å². The van der Waals surface area contributed by atoms with Crippen molar-refractivity contribution in [1.29, 1.82) is 0 Å². The first-order chi connectivity index (χ1) is 12.3. The molecule has 3 rings (SSSR count). The fourth-order valence-corrected chi connectivity index (χ4v) is 3.70. The number of fused-ring (bicyclic) bond motifs is 1. The van der Waals surface area contributed by atoms with E-state index < -0.39 is 5.82 Å². The summed E-state index contributed by atoms with van der Waals surface area (Å²) in [5.41, 5.74) is 2.42. The molecule has 26 heavy (non-hydrogen) atoms. The molecule has 0 aliphatic carbocycles. The molecule has 2 aromatic carbocycles. The van der Waals surface area contributed by atoms with E-state index in [0.29, 0.717) is 16.5 Å². The van der Waals surface area contributed by atoms with E-state index in [1.54, 1.807) is 35.0 Å². The topological polar surface area (TPSA) is 56.0 Å². The quantitative estimate of drug-likeness (QED) is 0.709. The third-order valence-electron chi connectivity index (χ3n) is 4.09. The van der Waals surface area contributed by atoms with E-state index in [4.69, 9.17) is 0 Å². The van der Waals surface area contributed by atoms with Gasteiger partial charge >= 0.3 is 5.69 Å². The lowest BCUT2D eigenvalue weighted by atomic mass is 10.2. The minimum absolute atomic E-state index is 0.123. The van der Waals surface area contributed by atoms with Crippen molar-refractivity contribution >= 4 is 34.4 Å². The number of aryl methyl sites for hydroxylation is 2. The first-order valence-electron chi connectivity index (χ1n) is 8.21. The molecule has 0 spiro atoms. The fraction of sp³-hybridized carbons (Fsp3) is 0.263. The molecule has 0 atom stereocenters. The largest absolute Gasteiger partial charge is 0.328 e. The maximum atomic E-state index is 13.1. The second-order valence-corrected chi connectivity index (χ2v) is 7.98. The Kier molecular flexibility index (Phi) is 4.91. The number of carbonyl (C=O) groups is 1.